The largest absolute Gasteiger partial charge is 0.368 e. The van der Waals surface area contributed by atoms with Gasteiger partial charge in [-0.15, -0.1) is 5.10 Å². The first-order valence-corrected chi connectivity index (χ1v) is 6.30. The van der Waals surface area contributed by atoms with Gasteiger partial charge in [0.15, 0.2) is 5.82 Å². The molecule has 0 spiro atoms. The lowest BCUT2D eigenvalue weighted by atomic mass is 10.3. The van der Waals surface area contributed by atoms with E-state index in [1.807, 2.05) is 44.4 Å². The maximum atomic E-state index is 5.75. The highest BCUT2D eigenvalue weighted by atomic mass is 15.4. The van der Waals surface area contributed by atoms with E-state index in [0.29, 0.717) is 17.5 Å². The van der Waals surface area contributed by atoms with Crippen molar-refractivity contribution in [3.63, 3.8) is 0 Å². The zero-order chi connectivity index (χ0) is 14.8. The number of nitrogens with zero attached hydrogens (tertiary/aromatic N) is 7. The SMILES string of the molecule is CN(C)c1nc(N)nc(-c2cnnn2-c2ccccc2)n1. The molecular formula is C13H14N8. The van der Waals surface area contributed by atoms with Crippen LogP contribution < -0.4 is 10.6 Å². The van der Waals surface area contributed by atoms with Gasteiger partial charge in [-0.2, -0.15) is 15.0 Å². The molecule has 2 N–H and O–H groups in total. The minimum absolute atomic E-state index is 0.157. The average Bonchev–Trinajstić information content (AvgIpc) is 2.97. The van der Waals surface area contributed by atoms with Crippen LogP contribution >= 0.6 is 0 Å². The minimum Gasteiger partial charge on any atom is -0.368 e. The summed E-state index contributed by atoms with van der Waals surface area (Å²) in [6.07, 6.45) is 1.60. The molecule has 0 aliphatic carbocycles. The van der Waals surface area contributed by atoms with Gasteiger partial charge in [0.2, 0.25) is 11.9 Å². The molecular weight excluding hydrogens is 268 g/mol. The van der Waals surface area contributed by atoms with Gasteiger partial charge in [0.1, 0.15) is 5.69 Å². The van der Waals surface area contributed by atoms with Crippen LogP contribution in [-0.4, -0.2) is 44.0 Å². The number of anilines is 2. The molecule has 0 saturated heterocycles. The zero-order valence-corrected chi connectivity index (χ0v) is 11.7. The van der Waals surface area contributed by atoms with E-state index in [2.05, 4.69) is 25.3 Å². The predicted molar refractivity (Wildman–Crippen MR) is 78.9 cm³/mol. The van der Waals surface area contributed by atoms with Crippen LogP contribution in [0.5, 0.6) is 0 Å². The van der Waals surface area contributed by atoms with E-state index in [0.717, 1.165) is 5.69 Å². The summed E-state index contributed by atoms with van der Waals surface area (Å²) < 4.78 is 1.66. The molecule has 8 heteroatoms. The molecule has 0 radical (unpaired) electrons. The molecule has 21 heavy (non-hydrogen) atoms. The first-order chi connectivity index (χ1) is 10.1. The van der Waals surface area contributed by atoms with Crippen LogP contribution in [0.4, 0.5) is 11.9 Å². The third-order valence-electron chi connectivity index (χ3n) is 2.82. The van der Waals surface area contributed by atoms with Crippen LogP contribution in [0.25, 0.3) is 17.2 Å². The van der Waals surface area contributed by atoms with Crippen molar-refractivity contribution < 1.29 is 0 Å². The van der Waals surface area contributed by atoms with Gasteiger partial charge in [0.05, 0.1) is 11.9 Å². The summed E-state index contributed by atoms with van der Waals surface area (Å²) in [5.41, 5.74) is 7.28. The summed E-state index contributed by atoms with van der Waals surface area (Å²) in [5.74, 6) is 1.07. The molecule has 0 saturated carbocycles. The van der Waals surface area contributed by atoms with E-state index in [9.17, 15) is 0 Å². The van der Waals surface area contributed by atoms with Gasteiger partial charge in [-0.3, -0.25) is 0 Å². The fourth-order valence-corrected chi connectivity index (χ4v) is 1.84. The zero-order valence-electron chi connectivity index (χ0n) is 11.7. The number of nitrogen functional groups attached to an aromatic ring is 1. The molecule has 0 fully saturated rings. The number of para-hydroxylation sites is 1. The van der Waals surface area contributed by atoms with Gasteiger partial charge in [-0.25, -0.2) is 4.68 Å². The van der Waals surface area contributed by atoms with Gasteiger partial charge in [0, 0.05) is 14.1 Å². The van der Waals surface area contributed by atoms with Crippen molar-refractivity contribution in [3.05, 3.63) is 36.5 Å². The van der Waals surface area contributed by atoms with Crippen LogP contribution in [0.15, 0.2) is 36.5 Å². The second kappa shape index (κ2) is 5.16. The first-order valence-electron chi connectivity index (χ1n) is 6.30. The number of nitrogens with two attached hydrogens (primary N) is 1. The van der Waals surface area contributed by atoms with E-state index in [1.165, 1.54) is 0 Å². The molecule has 0 aliphatic rings. The number of benzene rings is 1. The molecule has 8 nitrogen and oxygen atoms in total. The Morgan fingerprint density at radius 1 is 1.05 bits per heavy atom. The van der Waals surface area contributed by atoms with Crippen LogP contribution in [0.1, 0.15) is 0 Å². The molecule has 2 heterocycles. The Labute approximate surface area is 121 Å². The Balaban J connectivity index is 2.12. The summed E-state index contributed by atoms with van der Waals surface area (Å²) in [6.45, 7) is 0. The third kappa shape index (κ3) is 2.50. The van der Waals surface area contributed by atoms with Crippen molar-refractivity contribution in [3.8, 4) is 17.2 Å². The summed E-state index contributed by atoms with van der Waals surface area (Å²) in [6, 6.07) is 9.64. The lowest BCUT2D eigenvalue weighted by Gasteiger charge is -2.11. The summed E-state index contributed by atoms with van der Waals surface area (Å²) in [5, 5.41) is 8.02. The van der Waals surface area contributed by atoms with E-state index < -0.39 is 0 Å². The standard InChI is InChI=1S/C13H14N8/c1-20(2)13-17-11(16-12(14)18-13)10-8-15-19-21(10)9-6-4-3-5-7-9/h3-8H,1-2H3,(H2,14,16,17,18). The van der Waals surface area contributed by atoms with Crippen molar-refractivity contribution in [2.24, 2.45) is 0 Å². The molecule has 106 valence electrons. The van der Waals surface area contributed by atoms with Crippen molar-refractivity contribution in [1.29, 1.82) is 0 Å². The number of hydrogen-bond donors (Lipinski definition) is 1. The quantitative estimate of drug-likeness (QED) is 0.757. The van der Waals surface area contributed by atoms with Crippen molar-refractivity contribution in [2.45, 2.75) is 0 Å². The highest BCUT2D eigenvalue weighted by molar-refractivity contribution is 5.55. The molecule has 2 aromatic heterocycles. The normalized spacial score (nSPS) is 10.6. The van der Waals surface area contributed by atoms with Gasteiger partial charge in [0.25, 0.3) is 0 Å². The molecule has 0 unspecified atom stereocenters. The number of hydrogen-bond acceptors (Lipinski definition) is 7. The summed E-state index contributed by atoms with van der Waals surface area (Å²) in [4.78, 5) is 14.4. The van der Waals surface area contributed by atoms with E-state index in [4.69, 9.17) is 5.73 Å². The highest BCUT2D eigenvalue weighted by Gasteiger charge is 2.14. The molecule has 0 amide bonds. The van der Waals surface area contributed by atoms with Gasteiger partial charge >= 0.3 is 0 Å². The van der Waals surface area contributed by atoms with Gasteiger partial charge in [-0.05, 0) is 12.1 Å². The summed E-state index contributed by atoms with van der Waals surface area (Å²) >= 11 is 0. The molecule has 1 aromatic carbocycles. The van der Waals surface area contributed by atoms with E-state index in [1.54, 1.807) is 15.8 Å². The predicted octanol–water partition coefficient (Wildman–Crippen LogP) is 0.767. The first kappa shape index (κ1) is 13.0. The smallest absolute Gasteiger partial charge is 0.230 e. The maximum absolute atomic E-state index is 5.75. The Kier molecular flexibility index (Phi) is 3.19. The Morgan fingerprint density at radius 3 is 2.52 bits per heavy atom. The van der Waals surface area contributed by atoms with Crippen LogP contribution in [-0.2, 0) is 0 Å². The Morgan fingerprint density at radius 2 is 1.81 bits per heavy atom. The topological polar surface area (TPSA) is 98.6 Å². The van der Waals surface area contributed by atoms with Crippen molar-refractivity contribution >= 4 is 11.9 Å². The molecule has 3 rings (SSSR count). The van der Waals surface area contributed by atoms with Gasteiger partial charge in [-0.1, -0.05) is 23.4 Å². The fraction of sp³-hybridized carbons (Fsp3) is 0.154. The maximum Gasteiger partial charge on any atom is 0.230 e. The fourth-order valence-electron chi connectivity index (χ4n) is 1.84. The van der Waals surface area contributed by atoms with E-state index >= 15 is 0 Å². The molecule has 0 bridgehead atoms. The summed E-state index contributed by atoms with van der Waals surface area (Å²) in [7, 11) is 3.68. The second-order valence-electron chi connectivity index (χ2n) is 4.58. The number of aromatic nitrogens is 6. The Hall–Kier alpha value is -3.03. The van der Waals surface area contributed by atoms with Crippen LogP contribution in [0.2, 0.25) is 0 Å². The van der Waals surface area contributed by atoms with Crippen LogP contribution in [0, 0.1) is 0 Å². The average molecular weight is 282 g/mol. The Bertz CT molecular complexity index is 750. The van der Waals surface area contributed by atoms with Crippen molar-refractivity contribution in [1.82, 2.24) is 29.9 Å². The lowest BCUT2D eigenvalue weighted by molar-refractivity contribution is 0.802. The van der Waals surface area contributed by atoms with Gasteiger partial charge < -0.3 is 10.6 Å². The van der Waals surface area contributed by atoms with Crippen molar-refractivity contribution in [2.75, 3.05) is 24.7 Å². The third-order valence-corrected chi connectivity index (χ3v) is 2.82. The molecule has 3 aromatic rings. The highest BCUT2D eigenvalue weighted by Crippen LogP contribution is 2.19. The molecule has 0 atom stereocenters. The monoisotopic (exact) mass is 282 g/mol. The molecule has 0 aliphatic heterocycles. The van der Waals surface area contributed by atoms with Crippen LogP contribution in [0.3, 0.4) is 0 Å². The number of rotatable bonds is 3. The lowest BCUT2D eigenvalue weighted by Crippen LogP contribution is -2.15. The van der Waals surface area contributed by atoms with E-state index in [-0.39, 0.29) is 5.95 Å². The minimum atomic E-state index is 0.157. The second-order valence-corrected chi connectivity index (χ2v) is 4.58.